The van der Waals surface area contributed by atoms with Gasteiger partial charge in [0.15, 0.2) is 5.78 Å². The Morgan fingerprint density at radius 2 is 0.976 bits per heavy atom. The molecule has 6 nitrogen and oxygen atoms in total. The Kier molecular flexibility index (Phi) is 12.0. The molecule has 0 spiro atoms. The van der Waals surface area contributed by atoms with Crippen molar-refractivity contribution in [3.63, 3.8) is 0 Å². The van der Waals surface area contributed by atoms with Crippen LogP contribution in [0.2, 0.25) is 0 Å². The van der Waals surface area contributed by atoms with E-state index in [1.54, 1.807) is 12.1 Å². The van der Waals surface area contributed by atoms with Crippen molar-refractivity contribution in [3.8, 4) is 0 Å². The van der Waals surface area contributed by atoms with Crippen LogP contribution in [0.1, 0.15) is 47.3 Å². The zero-order chi connectivity index (χ0) is 29.6. The van der Waals surface area contributed by atoms with E-state index in [0.717, 1.165) is 16.7 Å². The molecular weight excluding hydrogens is 528 g/mol. The van der Waals surface area contributed by atoms with Crippen LogP contribution in [0.15, 0.2) is 121 Å². The van der Waals surface area contributed by atoms with Gasteiger partial charge < -0.3 is 18.9 Å². The van der Waals surface area contributed by atoms with Gasteiger partial charge in [0.2, 0.25) is 0 Å². The summed E-state index contributed by atoms with van der Waals surface area (Å²) in [6, 6.07) is 38.1. The summed E-state index contributed by atoms with van der Waals surface area (Å²) < 4.78 is 25.3. The maximum atomic E-state index is 14.2. The van der Waals surface area contributed by atoms with Gasteiger partial charge in [0.25, 0.3) is 0 Å². The second-order valence-corrected chi connectivity index (χ2v) is 10.0. The molecule has 0 unspecified atom stereocenters. The van der Waals surface area contributed by atoms with E-state index in [2.05, 4.69) is 0 Å². The van der Waals surface area contributed by atoms with Gasteiger partial charge in [-0.15, -0.1) is 0 Å². The summed E-state index contributed by atoms with van der Waals surface area (Å²) in [4.78, 5) is 26.4. The Morgan fingerprint density at radius 3 is 1.40 bits per heavy atom. The van der Waals surface area contributed by atoms with Gasteiger partial charge in [-0.05, 0) is 23.1 Å². The summed E-state index contributed by atoms with van der Waals surface area (Å²) in [5.74, 6) is -0.677. The standard InChI is InChI=1S/C36H38O6/c1-3-32(42-27(2)37)34(39-24-28-16-8-4-9-17-28)36(41-26-30-20-12-6-13-21-30)35(33(38)31-22-14-7-15-23-31)40-25-29-18-10-5-11-19-29/h4-23,32,34-36H,3,24-26H2,1-2H3/t32-,34-,35+,36+/m1/s1. The molecule has 0 fully saturated rings. The molecule has 0 saturated heterocycles. The largest absolute Gasteiger partial charge is 0.460 e. The number of esters is 1. The van der Waals surface area contributed by atoms with Crippen molar-refractivity contribution >= 4 is 11.8 Å². The third kappa shape index (κ3) is 9.21. The van der Waals surface area contributed by atoms with Crippen LogP contribution < -0.4 is 0 Å². The summed E-state index contributed by atoms with van der Waals surface area (Å²) in [6.07, 6.45) is -3.00. The van der Waals surface area contributed by atoms with Gasteiger partial charge in [-0.1, -0.05) is 128 Å². The van der Waals surface area contributed by atoms with Crippen LogP contribution in [0.3, 0.4) is 0 Å². The molecule has 0 N–H and O–H groups in total. The molecule has 0 radical (unpaired) electrons. The van der Waals surface area contributed by atoms with Gasteiger partial charge >= 0.3 is 5.97 Å². The highest BCUT2D eigenvalue weighted by Gasteiger charge is 2.42. The van der Waals surface area contributed by atoms with E-state index in [4.69, 9.17) is 18.9 Å². The van der Waals surface area contributed by atoms with E-state index in [0.29, 0.717) is 12.0 Å². The van der Waals surface area contributed by atoms with E-state index >= 15 is 0 Å². The molecule has 0 bridgehead atoms. The minimum Gasteiger partial charge on any atom is -0.460 e. The summed E-state index contributed by atoms with van der Waals surface area (Å²) in [5, 5.41) is 0. The molecule has 4 atom stereocenters. The topological polar surface area (TPSA) is 71.1 Å². The summed E-state index contributed by atoms with van der Waals surface area (Å²) in [7, 11) is 0. The highest BCUT2D eigenvalue weighted by Crippen LogP contribution is 2.26. The van der Waals surface area contributed by atoms with Crippen LogP contribution in [0.5, 0.6) is 0 Å². The lowest BCUT2D eigenvalue weighted by Crippen LogP contribution is -2.52. The molecule has 0 heterocycles. The molecule has 0 aromatic heterocycles. The second-order valence-electron chi connectivity index (χ2n) is 10.0. The van der Waals surface area contributed by atoms with Crippen molar-refractivity contribution in [1.82, 2.24) is 0 Å². The predicted molar refractivity (Wildman–Crippen MR) is 162 cm³/mol. The Bertz CT molecular complexity index is 1350. The molecule has 6 heteroatoms. The minimum absolute atomic E-state index is 0.186. The summed E-state index contributed by atoms with van der Waals surface area (Å²) >= 11 is 0. The van der Waals surface area contributed by atoms with E-state index in [1.807, 2.05) is 116 Å². The first-order valence-corrected chi connectivity index (χ1v) is 14.3. The summed E-state index contributed by atoms with van der Waals surface area (Å²) in [5.41, 5.74) is 3.28. The Labute approximate surface area is 248 Å². The van der Waals surface area contributed by atoms with Crippen LogP contribution in [-0.4, -0.2) is 36.2 Å². The fourth-order valence-electron chi connectivity index (χ4n) is 4.74. The maximum absolute atomic E-state index is 14.2. The number of ether oxygens (including phenoxy) is 4. The first kappa shape index (κ1) is 30.8. The van der Waals surface area contributed by atoms with E-state index in [-0.39, 0.29) is 25.6 Å². The third-order valence-electron chi connectivity index (χ3n) is 6.87. The zero-order valence-corrected chi connectivity index (χ0v) is 24.1. The molecule has 4 rings (SSSR count). The van der Waals surface area contributed by atoms with Crippen molar-refractivity contribution in [2.75, 3.05) is 0 Å². The number of carbonyl (C=O) groups is 2. The average molecular weight is 567 g/mol. The normalized spacial score (nSPS) is 14.0. The van der Waals surface area contributed by atoms with Gasteiger partial charge in [0, 0.05) is 12.5 Å². The number of Topliss-reactive ketones (excluding diaryl/α,β-unsaturated/α-hetero) is 1. The molecule has 42 heavy (non-hydrogen) atoms. The first-order chi connectivity index (χ1) is 20.5. The average Bonchev–Trinajstić information content (AvgIpc) is 3.04. The lowest BCUT2D eigenvalue weighted by Gasteiger charge is -2.36. The zero-order valence-electron chi connectivity index (χ0n) is 24.1. The van der Waals surface area contributed by atoms with Crippen LogP contribution >= 0.6 is 0 Å². The number of ketones is 1. The highest BCUT2D eigenvalue weighted by atomic mass is 16.6. The molecule has 0 aliphatic heterocycles. The lowest BCUT2D eigenvalue weighted by molar-refractivity contribution is -0.186. The molecule has 218 valence electrons. The number of benzene rings is 4. The lowest BCUT2D eigenvalue weighted by atomic mass is 9.94. The highest BCUT2D eigenvalue weighted by molar-refractivity contribution is 6.00. The number of hydrogen-bond donors (Lipinski definition) is 0. The van der Waals surface area contributed by atoms with Crippen molar-refractivity contribution in [2.24, 2.45) is 0 Å². The molecule has 0 saturated carbocycles. The molecule has 0 aliphatic rings. The van der Waals surface area contributed by atoms with Crippen LogP contribution in [0, 0.1) is 0 Å². The molecule has 0 aliphatic carbocycles. The maximum Gasteiger partial charge on any atom is 0.302 e. The monoisotopic (exact) mass is 566 g/mol. The van der Waals surface area contributed by atoms with Crippen molar-refractivity contribution in [1.29, 1.82) is 0 Å². The van der Waals surface area contributed by atoms with E-state index in [9.17, 15) is 9.59 Å². The van der Waals surface area contributed by atoms with Crippen molar-refractivity contribution in [2.45, 2.75) is 64.5 Å². The smallest absolute Gasteiger partial charge is 0.302 e. The fourth-order valence-corrected chi connectivity index (χ4v) is 4.74. The summed E-state index contributed by atoms with van der Waals surface area (Å²) in [6.45, 7) is 3.92. The van der Waals surface area contributed by atoms with E-state index < -0.39 is 30.4 Å². The second kappa shape index (κ2) is 16.4. The predicted octanol–water partition coefficient (Wildman–Crippen LogP) is 6.97. The molecule has 4 aromatic carbocycles. The molecular formula is C36H38O6. The van der Waals surface area contributed by atoms with E-state index in [1.165, 1.54) is 6.92 Å². The van der Waals surface area contributed by atoms with Gasteiger partial charge in [-0.3, -0.25) is 9.59 Å². The molecule has 0 amide bonds. The van der Waals surface area contributed by atoms with Crippen LogP contribution in [0.25, 0.3) is 0 Å². The van der Waals surface area contributed by atoms with Gasteiger partial charge in [-0.25, -0.2) is 0 Å². The Hall–Kier alpha value is -4.10. The van der Waals surface area contributed by atoms with Crippen LogP contribution in [0.4, 0.5) is 0 Å². The van der Waals surface area contributed by atoms with Crippen molar-refractivity contribution in [3.05, 3.63) is 144 Å². The number of hydrogen-bond acceptors (Lipinski definition) is 6. The number of carbonyl (C=O) groups excluding carboxylic acids is 2. The van der Waals surface area contributed by atoms with Gasteiger partial charge in [0.05, 0.1) is 19.8 Å². The van der Waals surface area contributed by atoms with Gasteiger partial charge in [-0.2, -0.15) is 0 Å². The van der Waals surface area contributed by atoms with Crippen LogP contribution in [-0.2, 0) is 43.6 Å². The Balaban J connectivity index is 1.74. The SMILES string of the molecule is CC[C@@H](OC(C)=O)[C@@H](OCc1ccccc1)[C@H](OCc1ccccc1)[C@@H](OCc1ccccc1)C(=O)c1ccccc1. The van der Waals surface area contributed by atoms with Gasteiger partial charge in [0.1, 0.15) is 24.4 Å². The Morgan fingerprint density at radius 1 is 0.571 bits per heavy atom. The number of rotatable bonds is 16. The minimum atomic E-state index is -1.05. The fraction of sp³-hybridized carbons (Fsp3) is 0.278. The molecule has 4 aromatic rings. The quantitative estimate of drug-likeness (QED) is 0.108. The van der Waals surface area contributed by atoms with Crippen molar-refractivity contribution < 1.29 is 28.5 Å². The third-order valence-corrected chi connectivity index (χ3v) is 6.87. The first-order valence-electron chi connectivity index (χ1n) is 14.3.